The fourth-order valence-electron chi connectivity index (χ4n) is 3.34. The molecule has 0 spiro atoms. The summed E-state index contributed by atoms with van der Waals surface area (Å²) >= 11 is 1.72. The zero-order valence-corrected chi connectivity index (χ0v) is 16.0. The van der Waals surface area contributed by atoms with Crippen LogP contribution in [0.2, 0.25) is 0 Å². The molecule has 1 aromatic heterocycles. The lowest BCUT2D eigenvalue weighted by Crippen LogP contribution is -2.00. The summed E-state index contributed by atoms with van der Waals surface area (Å²) in [7, 11) is 0. The quantitative estimate of drug-likeness (QED) is 0.671. The van der Waals surface area contributed by atoms with Gasteiger partial charge in [-0.05, 0) is 52.8 Å². The Kier molecular flexibility index (Phi) is 5.30. The number of allylic oxidation sites excluding steroid dienone is 1. The standard InChI is InChI=1S/C21H19FN2O3S/c1-12-6-18(19(22)8-17(12)15-4-5-28-11-15)21-23-20(24-27-21)13-2-3-14(9-25)16(7-13)10-26/h2-8,15,25-26H,9-11H2,1H3. The SMILES string of the molecule is Cc1cc(-c2nc(-c3ccc(CO)c(CO)c3)no2)c(F)cc1C1C=CSC1. The highest BCUT2D eigenvalue weighted by atomic mass is 32.2. The lowest BCUT2D eigenvalue weighted by Gasteiger charge is -2.12. The molecule has 0 aliphatic carbocycles. The Hall–Kier alpha value is -2.48. The molecule has 5 nitrogen and oxygen atoms in total. The number of aromatic nitrogens is 2. The summed E-state index contributed by atoms with van der Waals surface area (Å²) in [6.45, 7) is 1.57. The van der Waals surface area contributed by atoms with Crippen molar-refractivity contribution in [2.75, 3.05) is 5.75 Å². The Morgan fingerprint density at radius 2 is 2.00 bits per heavy atom. The van der Waals surface area contributed by atoms with E-state index < -0.39 is 5.82 Å². The molecule has 4 rings (SSSR count). The molecule has 1 atom stereocenters. The van der Waals surface area contributed by atoms with Crippen LogP contribution >= 0.6 is 11.8 Å². The van der Waals surface area contributed by atoms with Crippen LogP contribution in [0.5, 0.6) is 0 Å². The molecule has 2 aromatic carbocycles. The average Bonchev–Trinajstić information content (AvgIpc) is 3.41. The van der Waals surface area contributed by atoms with Crippen LogP contribution in [0.3, 0.4) is 0 Å². The van der Waals surface area contributed by atoms with Crippen molar-refractivity contribution in [2.24, 2.45) is 0 Å². The summed E-state index contributed by atoms with van der Waals surface area (Å²) in [4.78, 5) is 4.33. The van der Waals surface area contributed by atoms with Crippen LogP contribution in [0.25, 0.3) is 22.8 Å². The first-order valence-electron chi connectivity index (χ1n) is 8.87. The predicted molar refractivity (Wildman–Crippen MR) is 106 cm³/mol. The zero-order chi connectivity index (χ0) is 19.7. The van der Waals surface area contributed by atoms with Gasteiger partial charge in [0.15, 0.2) is 0 Å². The zero-order valence-electron chi connectivity index (χ0n) is 15.2. The fourth-order valence-corrected chi connectivity index (χ4v) is 4.25. The van der Waals surface area contributed by atoms with Gasteiger partial charge in [0.1, 0.15) is 5.82 Å². The maximum Gasteiger partial charge on any atom is 0.261 e. The second-order valence-electron chi connectivity index (χ2n) is 6.68. The molecular weight excluding hydrogens is 379 g/mol. The molecule has 0 bridgehead atoms. The minimum Gasteiger partial charge on any atom is -0.392 e. The van der Waals surface area contributed by atoms with Crippen LogP contribution in [0, 0.1) is 12.7 Å². The van der Waals surface area contributed by atoms with E-state index in [4.69, 9.17) is 4.52 Å². The molecule has 0 radical (unpaired) electrons. The van der Waals surface area contributed by atoms with E-state index >= 15 is 0 Å². The molecule has 28 heavy (non-hydrogen) atoms. The van der Waals surface area contributed by atoms with Crippen LogP contribution in [0.4, 0.5) is 4.39 Å². The van der Waals surface area contributed by atoms with Crippen molar-refractivity contribution >= 4 is 11.8 Å². The van der Waals surface area contributed by atoms with Crippen molar-refractivity contribution in [2.45, 2.75) is 26.1 Å². The van der Waals surface area contributed by atoms with Crippen molar-refractivity contribution in [1.29, 1.82) is 0 Å². The third-order valence-electron chi connectivity index (χ3n) is 4.90. The van der Waals surface area contributed by atoms with Crippen molar-refractivity contribution in [3.63, 3.8) is 0 Å². The normalized spacial score (nSPS) is 16.1. The van der Waals surface area contributed by atoms with Crippen LogP contribution in [0.1, 0.15) is 28.2 Å². The molecule has 3 aromatic rings. The number of hydrogen-bond acceptors (Lipinski definition) is 6. The Labute approximate surface area is 165 Å². The van der Waals surface area contributed by atoms with Crippen molar-refractivity contribution in [1.82, 2.24) is 10.1 Å². The molecule has 1 aliphatic heterocycles. The van der Waals surface area contributed by atoms with E-state index in [1.54, 1.807) is 42.1 Å². The molecule has 0 saturated carbocycles. The van der Waals surface area contributed by atoms with E-state index in [1.807, 2.05) is 12.3 Å². The topological polar surface area (TPSA) is 79.4 Å². The lowest BCUT2D eigenvalue weighted by atomic mass is 9.94. The van der Waals surface area contributed by atoms with Crippen LogP contribution in [-0.2, 0) is 13.2 Å². The molecule has 2 heterocycles. The van der Waals surface area contributed by atoms with Gasteiger partial charge in [-0.3, -0.25) is 0 Å². The van der Waals surface area contributed by atoms with Crippen molar-refractivity contribution in [3.8, 4) is 22.8 Å². The highest BCUT2D eigenvalue weighted by Crippen LogP contribution is 2.35. The second kappa shape index (κ2) is 7.87. The van der Waals surface area contributed by atoms with Gasteiger partial charge in [-0.25, -0.2) is 4.39 Å². The molecule has 0 saturated heterocycles. The first kappa shape index (κ1) is 18.9. The van der Waals surface area contributed by atoms with Crippen LogP contribution in [-0.4, -0.2) is 26.1 Å². The van der Waals surface area contributed by atoms with Gasteiger partial charge < -0.3 is 14.7 Å². The fraction of sp³-hybridized carbons (Fsp3) is 0.238. The van der Waals surface area contributed by atoms with Gasteiger partial charge in [0.05, 0.1) is 18.8 Å². The van der Waals surface area contributed by atoms with E-state index in [0.29, 0.717) is 22.5 Å². The van der Waals surface area contributed by atoms with E-state index in [9.17, 15) is 14.6 Å². The summed E-state index contributed by atoms with van der Waals surface area (Å²) in [5, 5.41) is 24.8. The van der Waals surface area contributed by atoms with Gasteiger partial charge in [-0.2, -0.15) is 4.98 Å². The summed E-state index contributed by atoms with van der Waals surface area (Å²) in [5.41, 5.74) is 4.05. The van der Waals surface area contributed by atoms with Gasteiger partial charge in [-0.1, -0.05) is 23.4 Å². The number of hydrogen-bond donors (Lipinski definition) is 2. The molecule has 0 fully saturated rings. The maximum atomic E-state index is 14.8. The van der Waals surface area contributed by atoms with Gasteiger partial charge >= 0.3 is 0 Å². The summed E-state index contributed by atoms with van der Waals surface area (Å²) in [5.74, 6) is 1.14. The Balaban J connectivity index is 1.68. The molecule has 0 amide bonds. The van der Waals surface area contributed by atoms with E-state index in [1.165, 1.54) is 0 Å². The maximum absolute atomic E-state index is 14.8. The Morgan fingerprint density at radius 3 is 2.71 bits per heavy atom. The molecule has 1 unspecified atom stereocenters. The smallest absolute Gasteiger partial charge is 0.261 e. The summed E-state index contributed by atoms with van der Waals surface area (Å²) < 4.78 is 20.1. The number of nitrogens with zero attached hydrogens (tertiary/aromatic N) is 2. The Bertz CT molecular complexity index is 1050. The number of thioether (sulfide) groups is 1. The van der Waals surface area contributed by atoms with E-state index in [-0.39, 0.29) is 30.6 Å². The average molecular weight is 398 g/mol. The third-order valence-corrected chi connectivity index (χ3v) is 5.80. The van der Waals surface area contributed by atoms with Gasteiger partial charge in [0.25, 0.3) is 5.89 Å². The number of aliphatic hydroxyl groups excluding tert-OH is 2. The molecular formula is C21H19FN2O3S. The van der Waals surface area contributed by atoms with Gasteiger partial charge in [-0.15, -0.1) is 11.8 Å². The predicted octanol–water partition coefficient (Wildman–Crippen LogP) is 4.18. The monoisotopic (exact) mass is 398 g/mol. The van der Waals surface area contributed by atoms with Crippen molar-refractivity contribution in [3.05, 3.63) is 69.9 Å². The third kappa shape index (κ3) is 3.48. The number of aryl methyl sites for hydroxylation is 1. The lowest BCUT2D eigenvalue weighted by molar-refractivity contribution is 0.260. The summed E-state index contributed by atoms with van der Waals surface area (Å²) in [6, 6.07) is 8.41. The molecule has 2 N–H and O–H groups in total. The van der Waals surface area contributed by atoms with Crippen molar-refractivity contribution < 1.29 is 19.1 Å². The Morgan fingerprint density at radius 1 is 1.18 bits per heavy atom. The number of halogens is 1. The number of aliphatic hydroxyl groups is 2. The highest BCUT2D eigenvalue weighted by molar-refractivity contribution is 8.02. The van der Waals surface area contributed by atoms with Crippen LogP contribution in [0.15, 0.2) is 46.3 Å². The van der Waals surface area contributed by atoms with Crippen LogP contribution < -0.4 is 0 Å². The first-order valence-corrected chi connectivity index (χ1v) is 9.92. The minimum absolute atomic E-state index is 0.107. The molecule has 7 heteroatoms. The minimum atomic E-state index is -0.396. The summed E-state index contributed by atoms with van der Waals surface area (Å²) in [6.07, 6.45) is 2.09. The molecule has 1 aliphatic rings. The largest absolute Gasteiger partial charge is 0.392 e. The second-order valence-corrected chi connectivity index (χ2v) is 7.62. The van der Waals surface area contributed by atoms with Gasteiger partial charge in [0, 0.05) is 17.2 Å². The number of benzene rings is 2. The van der Waals surface area contributed by atoms with E-state index in [0.717, 1.165) is 16.9 Å². The highest BCUT2D eigenvalue weighted by Gasteiger charge is 2.21. The molecule has 144 valence electrons. The first-order chi connectivity index (χ1) is 13.6. The van der Waals surface area contributed by atoms with Gasteiger partial charge in [0.2, 0.25) is 5.82 Å². The van der Waals surface area contributed by atoms with E-state index in [2.05, 4.69) is 16.2 Å². The number of rotatable bonds is 5.